The van der Waals surface area contributed by atoms with Gasteiger partial charge in [-0.3, -0.25) is 24.8 Å². The number of hydrogen-bond acceptors (Lipinski definition) is 13. The Kier molecular flexibility index (Phi) is 7.48. The number of nitrogens with one attached hydrogen (secondary N) is 1. The quantitative estimate of drug-likeness (QED) is 0.389. The van der Waals surface area contributed by atoms with Gasteiger partial charge in [-0.25, -0.2) is 0 Å². The summed E-state index contributed by atoms with van der Waals surface area (Å²) >= 11 is 3.82. The fourth-order valence-electron chi connectivity index (χ4n) is 4.69. The molecule has 0 fully saturated rings. The minimum absolute atomic E-state index is 0.0287. The van der Waals surface area contributed by atoms with Gasteiger partial charge in [0, 0.05) is 30.1 Å². The number of hydrogen-bond donors (Lipinski definition) is 2. The molecule has 3 aromatic heterocycles. The summed E-state index contributed by atoms with van der Waals surface area (Å²) < 4.78 is 0.552. The number of pyridine rings is 1. The van der Waals surface area contributed by atoms with E-state index in [1.807, 2.05) is 26.8 Å². The van der Waals surface area contributed by atoms with Crippen LogP contribution in [0.5, 0.6) is 0 Å². The topological polar surface area (TPSA) is 164 Å². The molecule has 1 aliphatic heterocycles. The van der Waals surface area contributed by atoms with Crippen molar-refractivity contribution in [2.24, 2.45) is 11.1 Å². The molecule has 39 heavy (non-hydrogen) atoms. The molecule has 200 valence electrons. The van der Waals surface area contributed by atoms with Crippen LogP contribution in [0.15, 0.2) is 51.5 Å². The summed E-state index contributed by atoms with van der Waals surface area (Å²) in [7, 11) is 0. The van der Waals surface area contributed by atoms with Crippen molar-refractivity contribution >= 4 is 56.4 Å². The predicted molar refractivity (Wildman–Crippen MR) is 150 cm³/mol. The van der Waals surface area contributed by atoms with Gasteiger partial charge in [-0.05, 0) is 29.9 Å². The van der Waals surface area contributed by atoms with Crippen LogP contribution in [0.2, 0.25) is 0 Å². The highest BCUT2D eigenvalue weighted by atomic mass is 32.2. The lowest BCUT2D eigenvalue weighted by Crippen LogP contribution is -2.42. The normalized spacial score (nSPS) is 18.7. The van der Waals surface area contributed by atoms with Crippen molar-refractivity contribution in [3.63, 3.8) is 0 Å². The number of thioether (sulfide) groups is 1. The van der Waals surface area contributed by atoms with Gasteiger partial charge >= 0.3 is 0 Å². The van der Waals surface area contributed by atoms with Gasteiger partial charge in [-0.2, -0.15) is 5.26 Å². The molecule has 5 rings (SSSR count). The Morgan fingerprint density at radius 3 is 2.79 bits per heavy atom. The van der Waals surface area contributed by atoms with Gasteiger partial charge in [0.2, 0.25) is 16.2 Å². The molecule has 2 aliphatic rings. The van der Waals surface area contributed by atoms with Crippen LogP contribution >= 0.6 is 34.4 Å². The number of nitriles is 1. The molecule has 1 amide bonds. The third-order valence-electron chi connectivity index (χ3n) is 6.33. The maximum atomic E-state index is 13.6. The van der Waals surface area contributed by atoms with Gasteiger partial charge in [0.15, 0.2) is 10.1 Å². The average molecular weight is 580 g/mol. The van der Waals surface area contributed by atoms with Crippen molar-refractivity contribution in [2.75, 3.05) is 16.0 Å². The van der Waals surface area contributed by atoms with E-state index in [4.69, 9.17) is 5.73 Å². The van der Waals surface area contributed by atoms with Crippen molar-refractivity contribution in [3.8, 4) is 6.07 Å². The first-order valence-corrected chi connectivity index (χ1v) is 14.8. The zero-order chi connectivity index (χ0) is 27.7. The Labute approximate surface area is 237 Å². The summed E-state index contributed by atoms with van der Waals surface area (Å²) in [5, 5.41) is 31.2. The number of aryl methyl sites for hydroxylation is 1. The van der Waals surface area contributed by atoms with Crippen LogP contribution in [0.25, 0.3) is 0 Å². The molecule has 0 bridgehead atoms. The highest BCUT2D eigenvalue weighted by Crippen LogP contribution is 2.50. The molecule has 1 unspecified atom stereocenters. The van der Waals surface area contributed by atoms with Gasteiger partial charge in [0.25, 0.3) is 0 Å². The van der Waals surface area contributed by atoms with Crippen LogP contribution in [0.4, 0.5) is 10.3 Å². The van der Waals surface area contributed by atoms with Gasteiger partial charge < -0.3 is 5.73 Å². The van der Waals surface area contributed by atoms with Gasteiger partial charge in [-0.15, -0.1) is 20.4 Å². The van der Waals surface area contributed by atoms with Crippen LogP contribution in [0.3, 0.4) is 0 Å². The third kappa shape index (κ3) is 5.42. The summed E-state index contributed by atoms with van der Waals surface area (Å²) in [6, 6.07) is 5.87. The molecule has 0 saturated carbocycles. The Morgan fingerprint density at radius 2 is 2.10 bits per heavy atom. The highest BCUT2D eigenvalue weighted by molar-refractivity contribution is 8.01. The van der Waals surface area contributed by atoms with Gasteiger partial charge in [-0.1, -0.05) is 61.3 Å². The van der Waals surface area contributed by atoms with Gasteiger partial charge in [0.05, 0.1) is 23.3 Å². The van der Waals surface area contributed by atoms with Crippen LogP contribution in [-0.4, -0.2) is 42.8 Å². The fourth-order valence-corrected chi connectivity index (χ4v) is 7.06. The number of carbonyl (C=O) groups excluding carboxylic acids is 2. The lowest BCUT2D eigenvalue weighted by molar-refractivity contribution is -0.118. The molecule has 0 aromatic carbocycles. The molecule has 11 nitrogen and oxygen atoms in total. The molecular weight excluding hydrogens is 555 g/mol. The lowest BCUT2D eigenvalue weighted by Gasteiger charge is -2.42. The highest BCUT2D eigenvalue weighted by Gasteiger charge is 2.45. The second-order valence-electron chi connectivity index (χ2n) is 9.81. The molecule has 4 heterocycles. The monoisotopic (exact) mass is 579 g/mol. The molecular formula is C25H25N9O2S3. The molecule has 14 heteroatoms. The number of nitrogens with zero attached hydrogens (tertiary/aromatic N) is 7. The van der Waals surface area contributed by atoms with E-state index >= 15 is 0 Å². The van der Waals surface area contributed by atoms with Crippen molar-refractivity contribution in [3.05, 3.63) is 57.8 Å². The number of rotatable bonds is 7. The summed E-state index contributed by atoms with van der Waals surface area (Å²) in [6.45, 7) is 6.04. The first-order chi connectivity index (χ1) is 18.7. The molecule has 1 aliphatic carbocycles. The molecule has 3 N–H and O–H groups in total. The van der Waals surface area contributed by atoms with Crippen molar-refractivity contribution in [1.29, 1.82) is 5.26 Å². The number of ketones is 1. The summed E-state index contributed by atoms with van der Waals surface area (Å²) in [4.78, 5) is 31.9. The Balaban J connectivity index is 1.44. The van der Waals surface area contributed by atoms with Crippen molar-refractivity contribution in [1.82, 2.24) is 25.4 Å². The number of carbonyl (C=O) groups is 2. The maximum absolute atomic E-state index is 13.6. The van der Waals surface area contributed by atoms with Crippen LogP contribution in [0, 0.1) is 16.7 Å². The van der Waals surface area contributed by atoms with E-state index in [9.17, 15) is 14.9 Å². The van der Waals surface area contributed by atoms with E-state index in [0.717, 1.165) is 22.7 Å². The zero-order valence-electron chi connectivity index (χ0n) is 21.5. The van der Waals surface area contributed by atoms with Crippen LogP contribution in [0.1, 0.15) is 50.1 Å². The minimum atomic E-state index is -0.599. The number of nitrogens with two attached hydrogens (primary N) is 1. The van der Waals surface area contributed by atoms with E-state index in [1.165, 1.54) is 34.4 Å². The number of aromatic nitrogens is 5. The van der Waals surface area contributed by atoms with E-state index < -0.39 is 5.92 Å². The first kappa shape index (κ1) is 26.9. The zero-order valence-corrected chi connectivity index (χ0v) is 23.9. The summed E-state index contributed by atoms with van der Waals surface area (Å²) in [5.41, 5.74) is 8.59. The van der Waals surface area contributed by atoms with Crippen LogP contribution < -0.4 is 16.0 Å². The fraction of sp³-hybridized carbons (Fsp3) is 0.360. The van der Waals surface area contributed by atoms with Crippen LogP contribution in [-0.2, 0) is 16.0 Å². The Morgan fingerprint density at radius 1 is 1.28 bits per heavy atom. The van der Waals surface area contributed by atoms with E-state index in [1.54, 1.807) is 23.4 Å². The number of Topliss-reactive ketones (excluding diaryl/α,β-unsaturated/α-hetero) is 1. The number of anilines is 2. The first-order valence-electron chi connectivity index (χ1n) is 12.1. The number of amides is 1. The largest absolute Gasteiger partial charge is 0.384 e. The maximum Gasteiger partial charge on any atom is 0.236 e. The van der Waals surface area contributed by atoms with E-state index in [2.05, 4.69) is 36.8 Å². The molecule has 0 saturated heterocycles. The third-order valence-corrected chi connectivity index (χ3v) is 9.35. The van der Waals surface area contributed by atoms with E-state index in [-0.39, 0.29) is 34.3 Å². The number of allylic oxidation sites excluding steroid dienone is 3. The Bertz CT molecular complexity index is 1540. The standard InChI is InChI=1S/C25H25N9O2S3/c1-4-18-30-31-22(38-18)29-17(36)12-37-24-33-32-23(39-24)34-15-8-25(2,3)9-16(35)20(15)19(14(10-26)21(34)27)13-6-5-7-28-11-13/h5-7,11,19H,4,8-9,12,27H2,1-3H3,(H,29,31,36). The van der Waals surface area contributed by atoms with Crippen molar-refractivity contribution < 1.29 is 9.59 Å². The molecule has 0 radical (unpaired) electrons. The lowest BCUT2D eigenvalue weighted by atomic mass is 9.69. The summed E-state index contributed by atoms with van der Waals surface area (Å²) in [6.07, 6.45) is 4.99. The smallest absolute Gasteiger partial charge is 0.236 e. The van der Waals surface area contributed by atoms with Gasteiger partial charge in [0.1, 0.15) is 10.8 Å². The average Bonchev–Trinajstić information content (AvgIpc) is 3.56. The Hall–Kier alpha value is -3.67. The molecule has 0 spiro atoms. The summed E-state index contributed by atoms with van der Waals surface area (Å²) in [5.74, 6) is -0.545. The minimum Gasteiger partial charge on any atom is -0.384 e. The molecule has 1 atom stereocenters. The van der Waals surface area contributed by atoms with E-state index in [0.29, 0.717) is 33.0 Å². The SMILES string of the molecule is CCc1nnc(NC(=O)CSc2nnc(N3C(N)=C(C#N)C(c4cccnc4)C4=C3CC(C)(C)CC4=O)s2)s1. The molecule has 3 aromatic rings. The second-order valence-corrected chi connectivity index (χ2v) is 13.0. The predicted octanol–water partition coefficient (Wildman–Crippen LogP) is 4.02. The van der Waals surface area contributed by atoms with Crippen molar-refractivity contribution in [2.45, 2.75) is 50.3 Å². The second kappa shape index (κ2) is 10.8.